The lowest BCUT2D eigenvalue weighted by Crippen LogP contribution is -2.34. The van der Waals surface area contributed by atoms with E-state index in [1.807, 2.05) is 0 Å². The molecule has 1 aliphatic heterocycles. The molecular weight excluding hydrogens is 220 g/mol. The van der Waals surface area contributed by atoms with E-state index in [1.54, 1.807) is 6.33 Å². The van der Waals surface area contributed by atoms with Gasteiger partial charge in [0.15, 0.2) is 0 Å². The first kappa shape index (κ1) is 11.8. The van der Waals surface area contributed by atoms with E-state index in [0.717, 1.165) is 44.8 Å². The van der Waals surface area contributed by atoms with Crippen molar-refractivity contribution < 1.29 is 5.21 Å². The summed E-state index contributed by atoms with van der Waals surface area (Å²) in [5, 5.41) is 19.3. The van der Waals surface area contributed by atoms with Crippen LogP contribution in [0.25, 0.3) is 0 Å². The van der Waals surface area contributed by atoms with E-state index in [9.17, 15) is 0 Å². The molecular formula is C10H18N6O. The number of hydrogen-bond donors (Lipinski definition) is 2. The minimum atomic E-state index is 0.309. The van der Waals surface area contributed by atoms with Gasteiger partial charge >= 0.3 is 0 Å². The van der Waals surface area contributed by atoms with Crippen LogP contribution >= 0.6 is 0 Å². The summed E-state index contributed by atoms with van der Waals surface area (Å²) in [5.74, 6) is 1.34. The molecule has 0 amide bonds. The molecule has 2 heterocycles. The monoisotopic (exact) mass is 238 g/mol. The van der Waals surface area contributed by atoms with Gasteiger partial charge in [-0.25, -0.2) is 0 Å². The zero-order valence-electron chi connectivity index (χ0n) is 9.79. The predicted molar refractivity (Wildman–Crippen MR) is 62.6 cm³/mol. The van der Waals surface area contributed by atoms with E-state index in [1.165, 1.54) is 0 Å². The van der Waals surface area contributed by atoms with Crippen molar-refractivity contribution in [3.8, 4) is 0 Å². The van der Waals surface area contributed by atoms with Gasteiger partial charge < -0.3 is 15.5 Å². The SMILES string of the molecule is NC(CCCCN1CCn2cnnc2C1)=NO. The maximum Gasteiger partial charge on any atom is 0.147 e. The van der Waals surface area contributed by atoms with Crippen molar-refractivity contribution in [2.45, 2.75) is 32.4 Å². The van der Waals surface area contributed by atoms with Gasteiger partial charge in [0, 0.05) is 19.5 Å². The summed E-state index contributed by atoms with van der Waals surface area (Å²) in [4.78, 5) is 2.36. The van der Waals surface area contributed by atoms with Crippen LogP contribution in [-0.2, 0) is 13.1 Å². The van der Waals surface area contributed by atoms with Gasteiger partial charge in [0.25, 0.3) is 0 Å². The smallest absolute Gasteiger partial charge is 0.147 e. The van der Waals surface area contributed by atoms with E-state index in [2.05, 4.69) is 24.8 Å². The second-order valence-electron chi connectivity index (χ2n) is 4.27. The third-order valence-corrected chi connectivity index (χ3v) is 3.00. The molecule has 0 aromatic carbocycles. The fraction of sp³-hybridized carbons (Fsp3) is 0.700. The van der Waals surface area contributed by atoms with Crippen LogP contribution in [0.4, 0.5) is 0 Å². The molecule has 0 unspecified atom stereocenters. The molecule has 2 rings (SSSR count). The highest BCUT2D eigenvalue weighted by atomic mass is 16.4. The Bertz CT molecular complexity index is 388. The maximum atomic E-state index is 8.40. The Hall–Kier alpha value is -1.63. The number of aromatic nitrogens is 3. The molecule has 1 aromatic rings. The molecule has 0 aliphatic carbocycles. The lowest BCUT2D eigenvalue weighted by molar-refractivity contribution is 0.213. The van der Waals surface area contributed by atoms with Gasteiger partial charge in [0.1, 0.15) is 18.0 Å². The molecule has 0 atom stereocenters. The average molecular weight is 238 g/mol. The number of amidine groups is 1. The minimum Gasteiger partial charge on any atom is -0.409 e. The number of oxime groups is 1. The number of nitrogens with zero attached hydrogens (tertiary/aromatic N) is 5. The van der Waals surface area contributed by atoms with Crippen molar-refractivity contribution >= 4 is 5.84 Å². The predicted octanol–water partition coefficient (Wildman–Crippen LogP) is 0.0104. The molecule has 1 aromatic heterocycles. The maximum absolute atomic E-state index is 8.40. The summed E-state index contributed by atoms with van der Waals surface area (Å²) in [6.45, 7) is 3.88. The summed E-state index contributed by atoms with van der Waals surface area (Å²) in [5.41, 5.74) is 5.41. The van der Waals surface area contributed by atoms with Crippen LogP contribution < -0.4 is 5.73 Å². The lowest BCUT2D eigenvalue weighted by Gasteiger charge is -2.26. The zero-order valence-corrected chi connectivity index (χ0v) is 9.79. The molecule has 0 radical (unpaired) electrons. The van der Waals surface area contributed by atoms with E-state index >= 15 is 0 Å². The first-order valence-electron chi connectivity index (χ1n) is 5.85. The standard InChI is InChI=1S/C10H18N6O/c11-9(14-17)3-1-2-4-15-5-6-16-8-12-13-10(16)7-15/h8,17H,1-7H2,(H2,11,14). The minimum absolute atomic E-state index is 0.309. The summed E-state index contributed by atoms with van der Waals surface area (Å²) in [6.07, 6.45) is 4.43. The quantitative estimate of drug-likeness (QED) is 0.248. The van der Waals surface area contributed by atoms with Gasteiger partial charge in [0.2, 0.25) is 0 Å². The molecule has 94 valence electrons. The van der Waals surface area contributed by atoms with Crippen LogP contribution in [-0.4, -0.2) is 43.8 Å². The lowest BCUT2D eigenvalue weighted by atomic mass is 10.2. The van der Waals surface area contributed by atoms with Crippen molar-refractivity contribution in [3.63, 3.8) is 0 Å². The normalized spacial score (nSPS) is 17.1. The second kappa shape index (κ2) is 5.62. The Morgan fingerprint density at radius 2 is 2.35 bits per heavy atom. The van der Waals surface area contributed by atoms with Crippen LogP contribution in [0.5, 0.6) is 0 Å². The van der Waals surface area contributed by atoms with Crippen molar-refractivity contribution in [2.75, 3.05) is 13.1 Å². The molecule has 3 N–H and O–H groups in total. The molecule has 0 saturated heterocycles. The van der Waals surface area contributed by atoms with Gasteiger partial charge in [-0.3, -0.25) is 4.90 Å². The van der Waals surface area contributed by atoms with Gasteiger partial charge in [-0.1, -0.05) is 5.16 Å². The number of fused-ring (bicyclic) bond motifs is 1. The summed E-state index contributed by atoms with van der Waals surface area (Å²) in [6, 6.07) is 0. The first-order valence-corrected chi connectivity index (χ1v) is 5.85. The average Bonchev–Trinajstić information content (AvgIpc) is 2.81. The van der Waals surface area contributed by atoms with E-state index in [-0.39, 0.29) is 0 Å². The van der Waals surface area contributed by atoms with Crippen molar-refractivity contribution in [1.82, 2.24) is 19.7 Å². The van der Waals surface area contributed by atoms with Gasteiger partial charge in [-0.05, 0) is 19.4 Å². The Balaban J connectivity index is 1.68. The summed E-state index contributed by atoms with van der Waals surface area (Å²) >= 11 is 0. The Morgan fingerprint density at radius 1 is 1.47 bits per heavy atom. The topological polar surface area (TPSA) is 92.6 Å². The first-order chi connectivity index (χ1) is 8.29. The number of hydrogen-bond acceptors (Lipinski definition) is 5. The number of rotatable bonds is 5. The third-order valence-electron chi connectivity index (χ3n) is 3.00. The summed E-state index contributed by atoms with van der Waals surface area (Å²) < 4.78 is 2.09. The van der Waals surface area contributed by atoms with Gasteiger partial charge in [-0.15, -0.1) is 10.2 Å². The van der Waals surface area contributed by atoms with Crippen LogP contribution in [0.2, 0.25) is 0 Å². The Morgan fingerprint density at radius 3 is 3.18 bits per heavy atom. The highest BCUT2D eigenvalue weighted by Gasteiger charge is 2.16. The van der Waals surface area contributed by atoms with Crippen LogP contribution in [0.15, 0.2) is 11.5 Å². The van der Waals surface area contributed by atoms with Crippen molar-refractivity contribution in [2.24, 2.45) is 10.9 Å². The molecule has 7 heteroatoms. The molecule has 1 aliphatic rings. The fourth-order valence-corrected chi connectivity index (χ4v) is 2.00. The summed E-state index contributed by atoms with van der Waals surface area (Å²) in [7, 11) is 0. The fourth-order valence-electron chi connectivity index (χ4n) is 2.00. The van der Waals surface area contributed by atoms with Gasteiger partial charge in [-0.2, -0.15) is 0 Å². The molecule has 0 fully saturated rings. The number of nitrogens with two attached hydrogens (primary N) is 1. The highest BCUT2D eigenvalue weighted by Crippen LogP contribution is 2.10. The molecule has 0 saturated carbocycles. The van der Waals surface area contributed by atoms with Crippen LogP contribution in [0.1, 0.15) is 25.1 Å². The molecule has 0 spiro atoms. The molecule has 7 nitrogen and oxygen atoms in total. The van der Waals surface area contributed by atoms with Crippen LogP contribution in [0, 0.1) is 0 Å². The number of unbranched alkanes of at least 4 members (excludes halogenated alkanes) is 1. The van der Waals surface area contributed by atoms with E-state index in [0.29, 0.717) is 12.3 Å². The molecule has 17 heavy (non-hydrogen) atoms. The van der Waals surface area contributed by atoms with Crippen molar-refractivity contribution in [1.29, 1.82) is 0 Å². The van der Waals surface area contributed by atoms with E-state index < -0.39 is 0 Å². The largest absolute Gasteiger partial charge is 0.409 e. The van der Waals surface area contributed by atoms with Crippen molar-refractivity contribution in [3.05, 3.63) is 12.2 Å². The molecule has 0 bridgehead atoms. The Kier molecular flexibility index (Phi) is 3.92. The van der Waals surface area contributed by atoms with Crippen LogP contribution in [0.3, 0.4) is 0 Å². The van der Waals surface area contributed by atoms with E-state index in [4.69, 9.17) is 10.9 Å². The third kappa shape index (κ3) is 3.16. The second-order valence-corrected chi connectivity index (χ2v) is 4.27. The Labute approximate surface area is 99.9 Å². The zero-order chi connectivity index (χ0) is 12.1. The van der Waals surface area contributed by atoms with Gasteiger partial charge in [0.05, 0.1) is 6.54 Å². The highest BCUT2D eigenvalue weighted by molar-refractivity contribution is 5.79.